The molecule has 7 nitrogen and oxygen atoms in total. The molecule has 0 amide bonds. The number of nitrogens with zero attached hydrogens (tertiary/aromatic N) is 3. The maximum Gasteiger partial charge on any atom is 0.287 e. The van der Waals surface area contributed by atoms with E-state index in [0.717, 1.165) is 44.8 Å². The van der Waals surface area contributed by atoms with Crippen molar-refractivity contribution in [3.8, 4) is 6.07 Å². The first-order valence-corrected chi connectivity index (χ1v) is 8.46. The van der Waals surface area contributed by atoms with Crippen LogP contribution in [-0.2, 0) is 4.74 Å². The van der Waals surface area contributed by atoms with Gasteiger partial charge in [0, 0.05) is 36.9 Å². The van der Waals surface area contributed by atoms with Crippen LogP contribution in [0.4, 0.5) is 11.4 Å². The number of nitro groups is 1. The zero-order chi connectivity index (χ0) is 16.9. The molecule has 0 spiro atoms. The lowest BCUT2D eigenvalue weighted by atomic mass is 9.88. The van der Waals surface area contributed by atoms with Gasteiger partial charge in [-0.25, -0.2) is 0 Å². The van der Waals surface area contributed by atoms with Gasteiger partial charge in [0.2, 0.25) is 0 Å². The van der Waals surface area contributed by atoms with E-state index in [1.54, 1.807) is 12.1 Å². The molecule has 0 bridgehead atoms. The molecule has 2 fully saturated rings. The Hall–Kier alpha value is -2.17. The maximum atomic E-state index is 11.0. The van der Waals surface area contributed by atoms with Crippen LogP contribution in [0, 0.1) is 21.4 Å². The van der Waals surface area contributed by atoms with Crippen molar-refractivity contribution in [2.75, 3.05) is 31.6 Å². The van der Waals surface area contributed by atoms with E-state index in [-0.39, 0.29) is 11.3 Å². The average Bonchev–Trinajstić information content (AvgIpc) is 2.62. The highest BCUT2D eigenvalue weighted by atomic mass is 16.6. The summed E-state index contributed by atoms with van der Waals surface area (Å²) in [7, 11) is 0. The summed E-state index contributed by atoms with van der Waals surface area (Å²) in [6, 6.07) is 7.36. The van der Waals surface area contributed by atoms with Crippen molar-refractivity contribution in [3.63, 3.8) is 0 Å². The molecule has 1 aromatic carbocycles. The maximum absolute atomic E-state index is 11.0. The molecule has 1 saturated heterocycles. The topological polar surface area (TPSA) is 91.4 Å². The molecule has 1 saturated carbocycles. The molecule has 1 heterocycles. The van der Waals surface area contributed by atoms with Gasteiger partial charge in [-0.15, -0.1) is 0 Å². The molecule has 2 aliphatic rings. The lowest BCUT2D eigenvalue weighted by Crippen LogP contribution is -2.52. The molecule has 3 rings (SSSR count). The molecule has 24 heavy (non-hydrogen) atoms. The minimum absolute atomic E-state index is 0.101. The van der Waals surface area contributed by atoms with Gasteiger partial charge in [-0.3, -0.25) is 15.0 Å². The highest BCUT2D eigenvalue weighted by Gasteiger charge is 2.31. The third-order valence-corrected chi connectivity index (χ3v) is 4.91. The number of hydrogen-bond acceptors (Lipinski definition) is 6. The van der Waals surface area contributed by atoms with Gasteiger partial charge in [0.25, 0.3) is 5.69 Å². The van der Waals surface area contributed by atoms with Crippen LogP contribution in [0.25, 0.3) is 0 Å². The summed E-state index contributed by atoms with van der Waals surface area (Å²) in [5, 5.41) is 23.6. The summed E-state index contributed by atoms with van der Waals surface area (Å²) in [4.78, 5) is 12.9. The fraction of sp³-hybridized carbons (Fsp3) is 0.588. The van der Waals surface area contributed by atoms with Gasteiger partial charge >= 0.3 is 0 Å². The monoisotopic (exact) mass is 330 g/mol. The van der Waals surface area contributed by atoms with E-state index in [9.17, 15) is 10.1 Å². The first-order chi connectivity index (χ1) is 11.7. The Morgan fingerprint density at radius 1 is 1.29 bits per heavy atom. The van der Waals surface area contributed by atoms with Gasteiger partial charge in [-0.2, -0.15) is 5.26 Å². The predicted molar refractivity (Wildman–Crippen MR) is 89.9 cm³/mol. The summed E-state index contributed by atoms with van der Waals surface area (Å²) >= 11 is 0. The highest BCUT2D eigenvalue weighted by Crippen LogP contribution is 2.28. The van der Waals surface area contributed by atoms with Crippen molar-refractivity contribution in [1.29, 1.82) is 5.26 Å². The van der Waals surface area contributed by atoms with E-state index in [1.165, 1.54) is 18.9 Å². The molecule has 1 aliphatic heterocycles. The van der Waals surface area contributed by atoms with E-state index in [1.807, 2.05) is 6.07 Å². The fourth-order valence-electron chi connectivity index (χ4n) is 3.71. The van der Waals surface area contributed by atoms with Gasteiger partial charge in [0.15, 0.2) is 0 Å². The quantitative estimate of drug-likeness (QED) is 0.674. The van der Waals surface area contributed by atoms with E-state index in [0.29, 0.717) is 12.1 Å². The second-order valence-corrected chi connectivity index (χ2v) is 6.35. The molecule has 0 radical (unpaired) electrons. The van der Waals surface area contributed by atoms with E-state index < -0.39 is 4.92 Å². The minimum Gasteiger partial charge on any atom is -0.381 e. The standard InChI is InChI=1S/C17H22N4O3/c18-12-13-11-14(5-6-16(13)21(22)23)19-15-3-1-2-4-17(15)20-7-9-24-10-8-20/h5-6,11,15,17,19H,1-4,7-10H2. The Morgan fingerprint density at radius 2 is 2.04 bits per heavy atom. The first-order valence-electron chi connectivity index (χ1n) is 8.46. The van der Waals surface area contributed by atoms with Gasteiger partial charge in [0.05, 0.1) is 18.1 Å². The number of nitro benzene ring substituents is 1. The minimum atomic E-state index is -0.514. The van der Waals surface area contributed by atoms with Crippen LogP contribution >= 0.6 is 0 Å². The number of ether oxygens (including phenoxy) is 1. The molecule has 1 N–H and O–H groups in total. The van der Waals surface area contributed by atoms with Crippen LogP contribution in [0.2, 0.25) is 0 Å². The summed E-state index contributed by atoms with van der Waals surface area (Å²) in [5.74, 6) is 0. The van der Waals surface area contributed by atoms with Gasteiger partial charge < -0.3 is 10.1 Å². The predicted octanol–water partition coefficient (Wildman–Crippen LogP) is 2.52. The molecule has 2 atom stereocenters. The average molecular weight is 330 g/mol. The van der Waals surface area contributed by atoms with Crippen LogP contribution < -0.4 is 5.32 Å². The normalized spacial score (nSPS) is 25.0. The zero-order valence-electron chi connectivity index (χ0n) is 13.6. The van der Waals surface area contributed by atoms with Crippen molar-refractivity contribution in [2.24, 2.45) is 0 Å². The molecule has 128 valence electrons. The molecule has 1 aliphatic carbocycles. The van der Waals surface area contributed by atoms with Crippen LogP contribution in [0.3, 0.4) is 0 Å². The highest BCUT2D eigenvalue weighted by molar-refractivity contribution is 5.59. The number of anilines is 1. The second-order valence-electron chi connectivity index (χ2n) is 6.35. The number of nitriles is 1. The van der Waals surface area contributed by atoms with E-state index in [4.69, 9.17) is 10.00 Å². The van der Waals surface area contributed by atoms with Gasteiger partial charge in [0.1, 0.15) is 11.6 Å². The number of nitrogens with one attached hydrogen (secondary N) is 1. The smallest absolute Gasteiger partial charge is 0.287 e. The molecular formula is C17H22N4O3. The second kappa shape index (κ2) is 7.60. The summed E-state index contributed by atoms with van der Waals surface area (Å²) in [5.41, 5.74) is 0.738. The van der Waals surface area contributed by atoms with Crippen molar-refractivity contribution >= 4 is 11.4 Å². The Labute approximate surface area is 141 Å². The van der Waals surface area contributed by atoms with Crippen molar-refractivity contribution in [1.82, 2.24) is 4.90 Å². The number of morpholine rings is 1. The van der Waals surface area contributed by atoms with Crippen molar-refractivity contribution < 1.29 is 9.66 Å². The van der Waals surface area contributed by atoms with E-state index in [2.05, 4.69) is 10.2 Å². The Kier molecular flexibility index (Phi) is 5.28. The zero-order valence-corrected chi connectivity index (χ0v) is 13.6. The molecular weight excluding hydrogens is 308 g/mol. The van der Waals surface area contributed by atoms with Crippen molar-refractivity contribution in [2.45, 2.75) is 37.8 Å². The van der Waals surface area contributed by atoms with Crippen LogP contribution in [0.1, 0.15) is 31.2 Å². The van der Waals surface area contributed by atoms with Gasteiger partial charge in [-0.05, 0) is 25.0 Å². The van der Waals surface area contributed by atoms with Crippen LogP contribution in [0.15, 0.2) is 18.2 Å². The third kappa shape index (κ3) is 3.66. The van der Waals surface area contributed by atoms with Crippen molar-refractivity contribution in [3.05, 3.63) is 33.9 Å². The first kappa shape index (κ1) is 16.7. The summed E-state index contributed by atoms with van der Waals surface area (Å²) in [6.45, 7) is 3.46. The Bertz CT molecular complexity index is 637. The Morgan fingerprint density at radius 3 is 2.75 bits per heavy atom. The molecule has 1 aromatic rings. The van der Waals surface area contributed by atoms with Gasteiger partial charge in [-0.1, -0.05) is 12.8 Å². The number of hydrogen-bond donors (Lipinski definition) is 1. The Balaban J connectivity index is 1.75. The fourth-order valence-corrected chi connectivity index (χ4v) is 3.71. The third-order valence-electron chi connectivity index (χ3n) is 4.91. The molecule has 7 heteroatoms. The molecule has 2 unspecified atom stereocenters. The van der Waals surface area contributed by atoms with Crippen LogP contribution in [0.5, 0.6) is 0 Å². The lowest BCUT2D eigenvalue weighted by Gasteiger charge is -2.42. The SMILES string of the molecule is N#Cc1cc(NC2CCCCC2N2CCOCC2)ccc1[N+](=O)[O-]. The largest absolute Gasteiger partial charge is 0.381 e. The summed E-state index contributed by atoms with van der Waals surface area (Å²) in [6.07, 6.45) is 4.62. The van der Waals surface area contributed by atoms with E-state index >= 15 is 0 Å². The summed E-state index contributed by atoms with van der Waals surface area (Å²) < 4.78 is 5.45. The molecule has 0 aromatic heterocycles. The number of benzene rings is 1. The van der Waals surface area contributed by atoms with Crippen LogP contribution in [-0.4, -0.2) is 48.2 Å². The number of rotatable bonds is 4. The lowest BCUT2D eigenvalue weighted by molar-refractivity contribution is -0.385.